The quantitative estimate of drug-likeness (QED) is 0.0194. The minimum Gasteiger partial charge on any atom is -0.466 e. The third-order valence-electron chi connectivity index (χ3n) is 11.5. The number of furan rings is 1. The van der Waals surface area contributed by atoms with Crippen LogP contribution in [0.4, 0.5) is 0 Å². The van der Waals surface area contributed by atoms with Crippen LogP contribution in [0.3, 0.4) is 0 Å². The molecule has 62 heavy (non-hydrogen) atoms. The second kappa shape index (κ2) is 30.5. The predicted octanol–water partition coefficient (Wildman–Crippen LogP) is 9.38. The number of carbonyl (C=O) groups excluding carboxylic acids is 3. The molecule has 1 aromatic rings. The van der Waals surface area contributed by atoms with E-state index in [2.05, 4.69) is 27.7 Å². The fourth-order valence-electron chi connectivity index (χ4n) is 7.51. The molecule has 1 aliphatic rings. The van der Waals surface area contributed by atoms with E-state index in [0.717, 1.165) is 88.6 Å². The van der Waals surface area contributed by atoms with E-state index in [-0.39, 0.29) is 50.1 Å². The number of aryl methyl sites for hydroxylation is 2. The molecule has 1 heterocycles. The number of hydrogen-bond acceptors (Lipinski definition) is 11. The number of aliphatic hydroxyl groups is 2. The number of esters is 2. The number of phosphoric ester groups is 1. The average Bonchev–Trinajstić information content (AvgIpc) is 3.63. The van der Waals surface area contributed by atoms with Crippen molar-refractivity contribution in [1.29, 1.82) is 0 Å². The fraction of sp³-hybridized carbons (Fsp3) is 0.771. The summed E-state index contributed by atoms with van der Waals surface area (Å²) in [6.45, 7) is 8.20. The van der Waals surface area contributed by atoms with Crippen molar-refractivity contribution < 1.29 is 61.5 Å². The lowest BCUT2D eigenvalue weighted by Gasteiger charge is -2.24. The number of carbonyl (C=O) groups is 3. The number of rotatable bonds is 35. The van der Waals surface area contributed by atoms with Crippen molar-refractivity contribution in [3.63, 3.8) is 0 Å². The molecule has 0 spiro atoms. The van der Waals surface area contributed by atoms with Gasteiger partial charge in [0.05, 0.1) is 40.0 Å². The third kappa shape index (κ3) is 23.9. The second-order valence-electron chi connectivity index (χ2n) is 18.2. The number of unbranched alkanes of at least 4 members (excludes halogenated alkanes) is 10. The predicted molar refractivity (Wildman–Crippen MR) is 242 cm³/mol. The molecule has 2 rings (SSSR count). The summed E-state index contributed by atoms with van der Waals surface area (Å²) in [6, 6.07) is 0. The number of phosphoric acid groups is 1. The van der Waals surface area contributed by atoms with Crippen LogP contribution in [0.15, 0.2) is 28.7 Å². The van der Waals surface area contributed by atoms with Gasteiger partial charge in [-0.25, -0.2) is 4.57 Å². The summed E-state index contributed by atoms with van der Waals surface area (Å²) in [5.41, 5.74) is 2.60. The fourth-order valence-corrected chi connectivity index (χ4v) is 8.25. The molecule has 356 valence electrons. The second-order valence-corrected chi connectivity index (χ2v) is 19.6. The van der Waals surface area contributed by atoms with Crippen molar-refractivity contribution in [1.82, 2.24) is 0 Å². The number of nitrogens with zero attached hydrogens (tertiary/aromatic N) is 1. The number of Topliss-reactive ketones (excluding diaryl/α,β-unsaturated/α-hetero) is 1. The van der Waals surface area contributed by atoms with Gasteiger partial charge in [0.25, 0.3) is 0 Å². The number of likely N-dealkylation sites (N-methyl/N-ethyl adjacent to an activating group) is 1. The lowest BCUT2D eigenvalue weighted by atomic mass is 9.90. The van der Waals surface area contributed by atoms with Gasteiger partial charge in [-0.2, -0.15) is 0 Å². The highest BCUT2D eigenvalue weighted by molar-refractivity contribution is 7.47. The molecular weight excluding hydrogens is 813 g/mol. The average molecular weight is 897 g/mol. The van der Waals surface area contributed by atoms with Crippen LogP contribution in [0.2, 0.25) is 0 Å². The van der Waals surface area contributed by atoms with E-state index in [0.29, 0.717) is 43.1 Å². The normalized spacial score (nSPS) is 19.1. The van der Waals surface area contributed by atoms with E-state index >= 15 is 0 Å². The Kier molecular flexibility index (Phi) is 27.3. The van der Waals surface area contributed by atoms with Gasteiger partial charge in [0, 0.05) is 43.9 Å². The van der Waals surface area contributed by atoms with Crippen LogP contribution in [0.5, 0.6) is 0 Å². The molecule has 3 N–H and O–H groups in total. The van der Waals surface area contributed by atoms with Gasteiger partial charge in [-0.15, -0.1) is 0 Å². The van der Waals surface area contributed by atoms with Crippen LogP contribution in [0, 0.1) is 25.7 Å². The third-order valence-corrected chi connectivity index (χ3v) is 12.5. The molecule has 1 aromatic heterocycles. The molecule has 0 amide bonds. The minimum absolute atomic E-state index is 0.00842. The molecule has 6 atom stereocenters. The summed E-state index contributed by atoms with van der Waals surface area (Å²) in [6.07, 6.45) is 21.5. The molecule has 0 bridgehead atoms. The number of quaternary nitrogens is 1. The molecule has 1 unspecified atom stereocenters. The van der Waals surface area contributed by atoms with Crippen molar-refractivity contribution >= 4 is 25.5 Å². The first-order chi connectivity index (χ1) is 29.5. The van der Waals surface area contributed by atoms with Gasteiger partial charge in [0.1, 0.15) is 37.1 Å². The maximum absolute atomic E-state index is 12.8. The van der Waals surface area contributed by atoms with E-state index in [4.69, 9.17) is 22.9 Å². The van der Waals surface area contributed by atoms with Crippen molar-refractivity contribution in [2.24, 2.45) is 11.8 Å². The van der Waals surface area contributed by atoms with Crippen molar-refractivity contribution in [3.05, 3.63) is 47.0 Å². The molecule has 1 fully saturated rings. The topological polar surface area (TPSA) is 179 Å². The van der Waals surface area contributed by atoms with Crippen LogP contribution in [0.25, 0.3) is 0 Å². The summed E-state index contributed by atoms with van der Waals surface area (Å²) in [7, 11) is 1.29. The summed E-state index contributed by atoms with van der Waals surface area (Å²) < 4.78 is 40.4. The Morgan fingerprint density at radius 1 is 0.839 bits per heavy atom. The summed E-state index contributed by atoms with van der Waals surface area (Å²) in [5, 5.41) is 20.8. The van der Waals surface area contributed by atoms with Gasteiger partial charge in [-0.05, 0) is 69.9 Å². The number of allylic oxidation sites excluding steroid dienone is 2. The maximum Gasteiger partial charge on any atom is 0.472 e. The van der Waals surface area contributed by atoms with Crippen LogP contribution >= 0.6 is 7.82 Å². The van der Waals surface area contributed by atoms with Gasteiger partial charge in [0.15, 0.2) is 6.10 Å². The highest BCUT2D eigenvalue weighted by atomic mass is 31.2. The Morgan fingerprint density at radius 2 is 1.48 bits per heavy atom. The maximum atomic E-state index is 12.8. The molecule has 1 saturated carbocycles. The van der Waals surface area contributed by atoms with Gasteiger partial charge < -0.3 is 33.5 Å². The van der Waals surface area contributed by atoms with E-state index in [9.17, 15) is 34.1 Å². The van der Waals surface area contributed by atoms with Crippen molar-refractivity contribution in [3.8, 4) is 0 Å². The molecule has 0 radical (unpaired) electrons. The van der Waals surface area contributed by atoms with Gasteiger partial charge >= 0.3 is 19.8 Å². The number of hydrogen-bond donors (Lipinski definition) is 3. The monoisotopic (exact) mass is 897 g/mol. The van der Waals surface area contributed by atoms with E-state index < -0.39 is 44.7 Å². The zero-order valence-electron chi connectivity index (χ0n) is 39.3. The Morgan fingerprint density at radius 3 is 2.15 bits per heavy atom. The SMILES string of the molecule is CCCCC[C@H](O)/C=C/[C@H]1[C@H](O)CC(=O)[C@@H]1C/C=C\CCCC(=O)O[C@H](COC(=O)CCCCCCCCCCc1oc(CCC)c(C)c1C)COP(=O)(O)OCC[N+](C)(C)C. The first-order valence-corrected chi connectivity index (χ1v) is 25.0. The van der Waals surface area contributed by atoms with Crippen LogP contribution < -0.4 is 0 Å². The first kappa shape index (κ1) is 55.5. The lowest BCUT2D eigenvalue weighted by Crippen LogP contribution is -2.37. The molecular formula is C48H83NO12P+. The molecule has 1 aliphatic carbocycles. The largest absolute Gasteiger partial charge is 0.472 e. The van der Waals surface area contributed by atoms with Gasteiger partial charge in [-0.1, -0.05) is 95.9 Å². The van der Waals surface area contributed by atoms with Gasteiger partial charge in [0.2, 0.25) is 0 Å². The zero-order chi connectivity index (χ0) is 46.0. The lowest BCUT2D eigenvalue weighted by molar-refractivity contribution is -0.870. The minimum atomic E-state index is -4.46. The molecule has 0 saturated heterocycles. The molecule has 0 aromatic carbocycles. The summed E-state index contributed by atoms with van der Waals surface area (Å²) >= 11 is 0. The zero-order valence-corrected chi connectivity index (χ0v) is 40.2. The highest BCUT2D eigenvalue weighted by Gasteiger charge is 2.39. The summed E-state index contributed by atoms with van der Waals surface area (Å²) in [4.78, 5) is 48.3. The van der Waals surface area contributed by atoms with Gasteiger partial charge in [-0.3, -0.25) is 23.4 Å². The van der Waals surface area contributed by atoms with E-state index in [1.807, 2.05) is 33.3 Å². The highest BCUT2D eigenvalue weighted by Crippen LogP contribution is 2.43. The number of ketones is 1. The van der Waals surface area contributed by atoms with Crippen molar-refractivity contribution in [2.45, 2.75) is 181 Å². The number of ether oxygens (including phenoxy) is 2. The van der Waals surface area contributed by atoms with Crippen molar-refractivity contribution in [2.75, 3.05) is 47.5 Å². The van der Waals surface area contributed by atoms with E-state index in [1.54, 1.807) is 12.2 Å². The first-order valence-electron chi connectivity index (χ1n) is 23.5. The smallest absolute Gasteiger partial charge is 0.466 e. The molecule has 0 aliphatic heterocycles. The Bertz CT molecular complexity index is 1550. The van der Waals surface area contributed by atoms with Crippen LogP contribution in [-0.4, -0.2) is 103 Å². The van der Waals surface area contributed by atoms with Crippen LogP contribution in [0.1, 0.15) is 158 Å². The summed E-state index contributed by atoms with van der Waals surface area (Å²) in [5.74, 6) is 0.508. The Labute approximate surface area is 373 Å². The standard InChI is InChI=1S/C48H82NO12P/c1-8-10-19-25-39(50)30-31-42-41(43(51)34-44(42)52)26-20-17-18-23-29-48(54)60-40(36-59-62(55,56)58-33-32-49(5,6)7)35-57-47(53)28-22-16-14-12-11-13-15-21-27-46-38(4)37(3)45(61-46)24-9-2/h17,20,30-31,39-42,44,50,52H,8-16,18-19,21-29,32-36H2,1-7H3/p+1/b20-17-,31-30+/t39-,40+,41+,42+,44+/m0/s1. The molecule has 13 nitrogen and oxygen atoms in total. The molecule has 14 heteroatoms. The van der Waals surface area contributed by atoms with E-state index in [1.165, 1.54) is 17.5 Å². The Hall–Kier alpha value is -2.64. The Balaban J connectivity index is 1.75. The van der Waals surface area contributed by atoms with Crippen LogP contribution in [-0.2, 0) is 50.3 Å². The number of aliphatic hydroxyl groups excluding tert-OH is 2.